The monoisotopic (exact) mass is 290 g/mol. The highest BCUT2D eigenvalue weighted by atomic mass is 16.6. The maximum atomic E-state index is 11.4. The third-order valence-corrected chi connectivity index (χ3v) is 2.01. The third kappa shape index (κ3) is 13.7. The summed E-state index contributed by atoms with van der Waals surface area (Å²) in [7, 11) is 0. The Morgan fingerprint density at radius 2 is 1.60 bits per heavy atom. The molecule has 0 aromatic rings. The smallest absolute Gasteiger partial charge is 0.307 e. The number of rotatable bonds is 8. The first-order chi connectivity index (χ1) is 8.99. The summed E-state index contributed by atoms with van der Waals surface area (Å²) in [6.45, 7) is 12.2. The normalized spacial score (nSPS) is 14.2. The molecule has 0 aliphatic rings. The first-order valence-electron chi connectivity index (χ1n) is 7.03. The summed E-state index contributed by atoms with van der Waals surface area (Å²) in [6.07, 6.45) is -0.0303. The van der Waals surface area contributed by atoms with Gasteiger partial charge < -0.3 is 14.6 Å². The van der Waals surface area contributed by atoms with Gasteiger partial charge in [-0.3, -0.25) is 15.6 Å². The summed E-state index contributed by atoms with van der Waals surface area (Å²) in [6, 6.07) is 0. The highest BCUT2D eigenvalue weighted by Gasteiger charge is 2.16. The van der Waals surface area contributed by atoms with Crippen molar-refractivity contribution in [3.05, 3.63) is 0 Å². The molecular formula is C14H30N2O4. The van der Waals surface area contributed by atoms with E-state index in [-0.39, 0.29) is 11.6 Å². The molecule has 0 bridgehead atoms. The van der Waals surface area contributed by atoms with E-state index in [1.54, 1.807) is 0 Å². The van der Waals surface area contributed by atoms with Crippen LogP contribution in [0.4, 0.5) is 0 Å². The van der Waals surface area contributed by atoms with Crippen molar-refractivity contribution in [2.75, 3.05) is 13.1 Å². The second-order valence-corrected chi connectivity index (χ2v) is 6.66. The average Bonchev–Trinajstić information content (AvgIpc) is 2.17. The van der Waals surface area contributed by atoms with Crippen LogP contribution in [0, 0.1) is 0 Å². The Labute approximate surface area is 122 Å². The number of carbonyl (C=O) groups is 1. The van der Waals surface area contributed by atoms with Crippen molar-refractivity contribution in [3.8, 4) is 0 Å². The number of nitrogens with one attached hydrogen (secondary N) is 2. The molecule has 1 unspecified atom stereocenters. The van der Waals surface area contributed by atoms with Gasteiger partial charge in [0.25, 0.3) is 0 Å². The number of hydrazine groups is 1. The molecule has 20 heavy (non-hydrogen) atoms. The van der Waals surface area contributed by atoms with E-state index in [1.165, 1.54) is 0 Å². The number of ether oxygens (including phenoxy) is 2. The summed E-state index contributed by atoms with van der Waals surface area (Å²) < 4.78 is 10.5. The Morgan fingerprint density at radius 3 is 2.10 bits per heavy atom. The van der Waals surface area contributed by atoms with Crippen LogP contribution in [0.15, 0.2) is 0 Å². The predicted molar refractivity (Wildman–Crippen MR) is 77.9 cm³/mol. The van der Waals surface area contributed by atoms with Crippen LogP contribution in [-0.4, -0.2) is 41.7 Å². The van der Waals surface area contributed by atoms with Crippen LogP contribution in [0.25, 0.3) is 0 Å². The van der Waals surface area contributed by atoms with Gasteiger partial charge in [0, 0.05) is 19.5 Å². The molecule has 0 radical (unpaired) electrons. The fourth-order valence-corrected chi connectivity index (χ4v) is 1.40. The maximum absolute atomic E-state index is 11.4. The molecule has 0 aromatic carbocycles. The largest absolute Gasteiger partial charge is 0.460 e. The molecule has 0 aromatic heterocycles. The lowest BCUT2D eigenvalue weighted by molar-refractivity contribution is -0.167. The summed E-state index contributed by atoms with van der Waals surface area (Å²) in [4.78, 5) is 11.4. The molecule has 0 spiro atoms. The number of aliphatic hydroxyl groups is 1. The molecule has 6 nitrogen and oxygen atoms in total. The number of hydrogen-bond acceptors (Lipinski definition) is 6. The molecule has 3 N–H and O–H groups in total. The third-order valence-electron chi connectivity index (χ3n) is 2.01. The fourth-order valence-electron chi connectivity index (χ4n) is 1.40. The molecule has 0 saturated heterocycles. The van der Waals surface area contributed by atoms with Gasteiger partial charge in [-0.05, 0) is 41.5 Å². The topological polar surface area (TPSA) is 79.8 Å². The zero-order valence-corrected chi connectivity index (χ0v) is 13.6. The van der Waals surface area contributed by atoms with Crippen LogP contribution in [0.3, 0.4) is 0 Å². The van der Waals surface area contributed by atoms with Gasteiger partial charge in [-0.1, -0.05) is 0 Å². The fraction of sp³-hybridized carbons (Fsp3) is 0.929. The second-order valence-electron chi connectivity index (χ2n) is 6.66. The van der Waals surface area contributed by atoms with Crippen molar-refractivity contribution in [2.24, 2.45) is 0 Å². The predicted octanol–water partition coefficient (Wildman–Crippen LogP) is 1.34. The number of esters is 1. The minimum atomic E-state index is -0.796. The Hall–Kier alpha value is -0.690. The minimum absolute atomic E-state index is 0.233. The Bertz CT molecular complexity index is 282. The van der Waals surface area contributed by atoms with Crippen LogP contribution in [0.2, 0.25) is 0 Å². The van der Waals surface area contributed by atoms with Crippen molar-refractivity contribution in [2.45, 2.75) is 71.9 Å². The van der Waals surface area contributed by atoms with Gasteiger partial charge in [0.05, 0.1) is 12.0 Å². The number of hydrogen-bond donors (Lipinski definition) is 3. The highest BCUT2D eigenvalue weighted by Crippen LogP contribution is 2.10. The Morgan fingerprint density at radius 1 is 1.05 bits per heavy atom. The Kier molecular flexibility index (Phi) is 8.27. The number of aliphatic hydroxyl groups excluding tert-OH is 1. The van der Waals surface area contributed by atoms with Crippen LogP contribution in [0.5, 0.6) is 0 Å². The van der Waals surface area contributed by atoms with Crippen LogP contribution in [0.1, 0.15) is 54.4 Å². The lowest BCUT2D eigenvalue weighted by Gasteiger charge is -2.24. The molecule has 0 heterocycles. The second kappa shape index (κ2) is 8.56. The molecule has 120 valence electrons. The molecule has 0 aliphatic heterocycles. The van der Waals surface area contributed by atoms with E-state index < -0.39 is 11.9 Å². The molecule has 1 atom stereocenters. The van der Waals surface area contributed by atoms with Gasteiger partial charge in [-0.2, -0.15) is 0 Å². The summed E-state index contributed by atoms with van der Waals surface area (Å²) in [5, 5.41) is 9.59. The first-order valence-corrected chi connectivity index (χ1v) is 7.03. The van der Waals surface area contributed by atoms with Crippen LogP contribution in [-0.2, 0) is 14.3 Å². The van der Waals surface area contributed by atoms with Gasteiger partial charge in [0.15, 0.2) is 6.29 Å². The number of carbonyl (C=O) groups excluding carboxylic acids is 1. The zero-order chi connectivity index (χ0) is 15.8. The first kappa shape index (κ1) is 19.3. The lowest BCUT2D eigenvalue weighted by atomic mass is 10.2. The van der Waals surface area contributed by atoms with Crippen molar-refractivity contribution in [1.82, 2.24) is 10.9 Å². The average molecular weight is 290 g/mol. The highest BCUT2D eigenvalue weighted by molar-refractivity contribution is 5.70. The SMILES string of the molecule is CC(C)(C)OC(=O)CCNNCCC(O)OC(C)(C)C. The summed E-state index contributed by atoms with van der Waals surface area (Å²) >= 11 is 0. The van der Waals surface area contributed by atoms with Crippen molar-refractivity contribution >= 4 is 5.97 Å². The van der Waals surface area contributed by atoms with Gasteiger partial charge in [0.2, 0.25) is 0 Å². The molecular weight excluding hydrogens is 260 g/mol. The van der Waals surface area contributed by atoms with E-state index in [0.717, 1.165) is 0 Å². The standard InChI is InChI=1S/C14H30N2O4/c1-13(2,3)19-11(17)7-9-15-16-10-8-12(18)20-14(4,5)6/h11,15-17H,7-10H2,1-6H3. The van der Waals surface area contributed by atoms with E-state index in [0.29, 0.717) is 25.9 Å². The van der Waals surface area contributed by atoms with E-state index >= 15 is 0 Å². The van der Waals surface area contributed by atoms with Crippen LogP contribution < -0.4 is 10.9 Å². The van der Waals surface area contributed by atoms with E-state index in [2.05, 4.69) is 10.9 Å². The molecule has 0 amide bonds. The van der Waals surface area contributed by atoms with Crippen LogP contribution >= 0.6 is 0 Å². The Balaban J connectivity index is 3.52. The zero-order valence-electron chi connectivity index (χ0n) is 13.6. The van der Waals surface area contributed by atoms with Gasteiger partial charge in [0.1, 0.15) is 5.60 Å². The van der Waals surface area contributed by atoms with Gasteiger partial charge >= 0.3 is 5.97 Å². The molecule has 0 fully saturated rings. The quantitative estimate of drug-likeness (QED) is 0.271. The van der Waals surface area contributed by atoms with Gasteiger partial charge in [-0.15, -0.1) is 0 Å². The summed E-state index contributed by atoms with van der Waals surface area (Å²) in [5.41, 5.74) is 5.02. The van der Waals surface area contributed by atoms with Crippen molar-refractivity contribution in [1.29, 1.82) is 0 Å². The van der Waals surface area contributed by atoms with Gasteiger partial charge in [-0.25, -0.2) is 0 Å². The van der Waals surface area contributed by atoms with E-state index in [4.69, 9.17) is 9.47 Å². The minimum Gasteiger partial charge on any atom is -0.460 e. The van der Waals surface area contributed by atoms with E-state index in [9.17, 15) is 9.90 Å². The van der Waals surface area contributed by atoms with Crippen molar-refractivity contribution < 1.29 is 19.4 Å². The molecule has 6 heteroatoms. The van der Waals surface area contributed by atoms with Crippen molar-refractivity contribution in [3.63, 3.8) is 0 Å². The molecule has 0 aliphatic carbocycles. The molecule has 0 saturated carbocycles. The molecule has 0 rings (SSSR count). The maximum Gasteiger partial charge on any atom is 0.307 e. The lowest BCUT2D eigenvalue weighted by Crippen LogP contribution is -2.37. The summed E-state index contributed by atoms with van der Waals surface area (Å²) in [5.74, 6) is -0.233. The van der Waals surface area contributed by atoms with E-state index in [1.807, 2.05) is 41.5 Å².